The maximum absolute atomic E-state index is 14.4. The number of aromatic amines is 1. The number of ether oxygens (including phenoxy) is 3. The standard InChI is InChI=1S/C40H50N2O7/c1-24(2)36(44)47-19-20-48-37(45)28-18-14-13-17-27(28)35(43)42-34-32(29(23-41-34)26-15-11-10-12-16-26)38(46)49-33-30(39(4,5)6)21-25(3)22-31(33)40(7,8)9/h10-18,23,25,30-31,33,41H,1,19-22H2,2-9H3,(H,42,43). The lowest BCUT2D eigenvalue weighted by Crippen LogP contribution is -2.49. The van der Waals surface area contributed by atoms with Gasteiger partial charge < -0.3 is 24.5 Å². The highest BCUT2D eigenvalue weighted by Crippen LogP contribution is 2.50. The van der Waals surface area contributed by atoms with Crippen molar-refractivity contribution in [1.29, 1.82) is 0 Å². The van der Waals surface area contributed by atoms with Gasteiger partial charge in [0.1, 0.15) is 30.7 Å². The molecule has 1 fully saturated rings. The number of hydrogen-bond donors (Lipinski definition) is 2. The highest BCUT2D eigenvalue weighted by Gasteiger charge is 2.48. The quantitative estimate of drug-likeness (QED) is 0.0960. The lowest BCUT2D eigenvalue weighted by atomic mass is 9.59. The molecule has 1 aromatic heterocycles. The molecule has 0 spiro atoms. The van der Waals surface area contributed by atoms with Crippen LogP contribution in [0.3, 0.4) is 0 Å². The van der Waals surface area contributed by atoms with E-state index in [1.54, 1.807) is 18.3 Å². The number of esters is 3. The highest BCUT2D eigenvalue weighted by atomic mass is 16.6. The summed E-state index contributed by atoms with van der Waals surface area (Å²) in [5.41, 5.74) is 1.65. The van der Waals surface area contributed by atoms with Crippen LogP contribution in [0, 0.1) is 28.6 Å². The van der Waals surface area contributed by atoms with E-state index in [1.807, 2.05) is 30.3 Å². The number of rotatable bonds is 10. The van der Waals surface area contributed by atoms with Crippen LogP contribution in [0.25, 0.3) is 11.1 Å². The molecule has 0 radical (unpaired) electrons. The lowest BCUT2D eigenvalue weighted by Gasteiger charge is -2.50. The highest BCUT2D eigenvalue weighted by molar-refractivity contribution is 6.13. The molecule has 1 aliphatic rings. The Balaban J connectivity index is 1.65. The van der Waals surface area contributed by atoms with Crippen molar-refractivity contribution in [1.82, 2.24) is 4.98 Å². The van der Waals surface area contributed by atoms with Crippen LogP contribution in [0.1, 0.15) is 99.3 Å². The van der Waals surface area contributed by atoms with E-state index in [2.05, 4.69) is 65.3 Å². The zero-order valence-corrected chi connectivity index (χ0v) is 30.0. The maximum Gasteiger partial charge on any atom is 0.342 e. The minimum Gasteiger partial charge on any atom is -0.459 e. The normalized spacial score (nSPS) is 19.4. The summed E-state index contributed by atoms with van der Waals surface area (Å²) < 4.78 is 16.8. The van der Waals surface area contributed by atoms with E-state index >= 15 is 0 Å². The smallest absolute Gasteiger partial charge is 0.342 e. The Labute approximate surface area is 289 Å². The summed E-state index contributed by atoms with van der Waals surface area (Å²) >= 11 is 0. The third-order valence-corrected chi connectivity index (χ3v) is 9.27. The maximum atomic E-state index is 14.4. The molecule has 0 saturated heterocycles. The summed E-state index contributed by atoms with van der Waals surface area (Å²) in [6.45, 7) is 20.1. The molecule has 1 heterocycles. The number of carbonyl (C=O) groups excluding carboxylic acids is 4. The van der Waals surface area contributed by atoms with Crippen molar-refractivity contribution >= 4 is 29.6 Å². The van der Waals surface area contributed by atoms with Crippen LogP contribution in [0.2, 0.25) is 0 Å². The van der Waals surface area contributed by atoms with Crippen LogP contribution in [-0.2, 0) is 19.0 Å². The number of anilines is 1. The van der Waals surface area contributed by atoms with Crippen LogP contribution in [0.5, 0.6) is 0 Å². The van der Waals surface area contributed by atoms with Crippen LogP contribution in [-0.4, -0.2) is 48.1 Å². The number of hydrogen-bond acceptors (Lipinski definition) is 7. The largest absolute Gasteiger partial charge is 0.459 e. The van der Waals surface area contributed by atoms with Crippen LogP contribution < -0.4 is 5.32 Å². The topological polar surface area (TPSA) is 124 Å². The predicted molar refractivity (Wildman–Crippen MR) is 190 cm³/mol. The van der Waals surface area contributed by atoms with E-state index in [0.29, 0.717) is 11.5 Å². The molecule has 1 aliphatic carbocycles. The first-order valence-electron chi connectivity index (χ1n) is 16.9. The first kappa shape index (κ1) is 37.2. The van der Waals surface area contributed by atoms with Gasteiger partial charge in [0.05, 0.1) is 11.1 Å². The average molecular weight is 671 g/mol. The Morgan fingerprint density at radius 3 is 1.94 bits per heavy atom. The molecule has 0 bridgehead atoms. The molecule has 3 aromatic rings. The van der Waals surface area contributed by atoms with E-state index in [-0.39, 0.29) is 70.1 Å². The second-order valence-corrected chi connectivity index (χ2v) is 15.3. The summed E-state index contributed by atoms with van der Waals surface area (Å²) in [4.78, 5) is 55.9. The van der Waals surface area contributed by atoms with Crippen molar-refractivity contribution in [2.45, 2.75) is 74.3 Å². The van der Waals surface area contributed by atoms with Gasteiger partial charge in [0.25, 0.3) is 5.91 Å². The lowest BCUT2D eigenvalue weighted by molar-refractivity contribution is -0.140. The van der Waals surface area contributed by atoms with Gasteiger partial charge in [-0.2, -0.15) is 0 Å². The Kier molecular flexibility index (Phi) is 11.6. The summed E-state index contributed by atoms with van der Waals surface area (Å²) in [5, 5.41) is 2.83. The van der Waals surface area contributed by atoms with Gasteiger partial charge in [0.15, 0.2) is 0 Å². The van der Waals surface area contributed by atoms with Crippen molar-refractivity contribution in [2.24, 2.45) is 28.6 Å². The third kappa shape index (κ3) is 9.08. The second-order valence-electron chi connectivity index (χ2n) is 15.3. The van der Waals surface area contributed by atoms with Gasteiger partial charge in [0.2, 0.25) is 0 Å². The first-order chi connectivity index (χ1) is 23.0. The summed E-state index contributed by atoms with van der Waals surface area (Å²) in [5.74, 6) is -1.60. The molecule has 0 aliphatic heterocycles. The summed E-state index contributed by atoms with van der Waals surface area (Å²) in [7, 11) is 0. The van der Waals surface area contributed by atoms with Crippen LogP contribution >= 0.6 is 0 Å². The molecule has 2 atom stereocenters. The van der Waals surface area contributed by atoms with E-state index in [4.69, 9.17) is 14.2 Å². The molecule has 1 saturated carbocycles. The van der Waals surface area contributed by atoms with Gasteiger partial charge in [-0.3, -0.25) is 4.79 Å². The minimum atomic E-state index is -0.763. The molecule has 9 nitrogen and oxygen atoms in total. The Morgan fingerprint density at radius 1 is 0.816 bits per heavy atom. The molecule has 2 N–H and O–H groups in total. The van der Waals surface area contributed by atoms with Gasteiger partial charge in [-0.15, -0.1) is 0 Å². The molecule has 1 amide bonds. The van der Waals surface area contributed by atoms with Gasteiger partial charge in [-0.25, -0.2) is 14.4 Å². The minimum absolute atomic E-state index is 0.0163. The van der Waals surface area contributed by atoms with E-state index < -0.39 is 23.8 Å². The number of aromatic nitrogens is 1. The van der Waals surface area contributed by atoms with Crippen molar-refractivity contribution in [3.8, 4) is 11.1 Å². The fourth-order valence-corrected chi connectivity index (χ4v) is 6.64. The Morgan fingerprint density at radius 2 is 1.37 bits per heavy atom. The summed E-state index contributed by atoms with van der Waals surface area (Å²) in [6, 6.07) is 15.6. The molecule has 4 rings (SSSR count). The van der Waals surface area contributed by atoms with E-state index in [0.717, 1.165) is 18.4 Å². The number of carbonyl (C=O) groups is 4. The molecule has 262 valence electrons. The van der Waals surface area contributed by atoms with Crippen LogP contribution in [0.4, 0.5) is 5.82 Å². The third-order valence-electron chi connectivity index (χ3n) is 9.27. The van der Waals surface area contributed by atoms with Gasteiger partial charge in [-0.05, 0) is 54.2 Å². The molecular formula is C40H50N2O7. The van der Waals surface area contributed by atoms with Crippen molar-refractivity contribution in [3.05, 3.63) is 89.6 Å². The molecule has 49 heavy (non-hydrogen) atoms. The van der Waals surface area contributed by atoms with Gasteiger partial charge in [0, 0.05) is 29.2 Å². The fourth-order valence-electron chi connectivity index (χ4n) is 6.64. The van der Waals surface area contributed by atoms with Crippen molar-refractivity contribution in [2.75, 3.05) is 18.5 Å². The zero-order chi connectivity index (χ0) is 36.1. The molecular weight excluding hydrogens is 620 g/mol. The van der Waals surface area contributed by atoms with Gasteiger partial charge in [-0.1, -0.05) is 97.5 Å². The molecule has 2 aromatic carbocycles. The molecule has 9 heteroatoms. The van der Waals surface area contributed by atoms with E-state index in [9.17, 15) is 19.2 Å². The summed E-state index contributed by atoms with van der Waals surface area (Å²) in [6.07, 6.45) is 3.23. The molecule has 2 unspecified atom stereocenters. The number of nitrogens with one attached hydrogen (secondary N) is 2. The predicted octanol–water partition coefficient (Wildman–Crippen LogP) is 8.49. The Bertz CT molecular complexity index is 1650. The van der Waals surface area contributed by atoms with Crippen molar-refractivity contribution < 1.29 is 33.4 Å². The van der Waals surface area contributed by atoms with Crippen LogP contribution in [0.15, 0.2) is 72.9 Å². The first-order valence-corrected chi connectivity index (χ1v) is 16.9. The van der Waals surface area contributed by atoms with Gasteiger partial charge >= 0.3 is 17.9 Å². The van der Waals surface area contributed by atoms with E-state index in [1.165, 1.54) is 19.1 Å². The monoisotopic (exact) mass is 670 g/mol. The van der Waals surface area contributed by atoms with Crippen molar-refractivity contribution in [3.63, 3.8) is 0 Å². The number of H-pyrrole nitrogens is 1. The average Bonchev–Trinajstić information content (AvgIpc) is 3.46. The fraction of sp³-hybridized carbons (Fsp3) is 0.450. The SMILES string of the molecule is C=C(C)C(=O)OCCOC(=O)c1ccccc1C(=O)Nc1[nH]cc(-c2ccccc2)c1C(=O)OC1C(C(C)(C)C)CC(C)CC1C(C)(C)C. The second kappa shape index (κ2) is 15.3. The zero-order valence-electron chi connectivity index (χ0n) is 30.0. The number of amides is 1. The number of benzene rings is 2. The Hall–Kier alpha value is -4.66.